The van der Waals surface area contributed by atoms with Crippen molar-refractivity contribution >= 4 is 29.0 Å². The molecule has 90 valence electrons. The van der Waals surface area contributed by atoms with Crippen LogP contribution in [0.15, 0.2) is 18.2 Å². The summed E-state index contributed by atoms with van der Waals surface area (Å²) in [7, 11) is 0. The molecule has 0 spiro atoms. The maximum absolute atomic E-state index is 6.20. The fourth-order valence-electron chi connectivity index (χ4n) is 2.30. The van der Waals surface area contributed by atoms with Gasteiger partial charge in [-0.15, -0.1) is 10.2 Å². The van der Waals surface area contributed by atoms with Gasteiger partial charge in [-0.25, -0.2) is 0 Å². The molecule has 0 radical (unpaired) electrons. The first-order valence-electron chi connectivity index (χ1n) is 5.91. The maximum Gasteiger partial charge on any atom is 0.161 e. The number of hydrogen-bond donors (Lipinski definition) is 0. The third-order valence-corrected chi connectivity index (χ3v) is 4.60. The Balaban J connectivity index is 1.89. The van der Waals surface area contributed by atoms with Crippen LogP contribution in [0.1, 0.15) is 18.7 Å². The van der Waals surface area contributed by atoms with E-state index in [1.165, 1.54) is 24.3 Å². The Morgan fingerprint density at radius 3 is 2.94 bits per heavy atom. The monoisotopic (exact) mass is 267 g/mol. The van der Waals surface area contributed by atoms with Gasteiger partial charge in [-0.1, -0.05) is 17.7 Å². The van der Waals surface area contributed by atoms with Gasteiger partial charge in [0.2, 0.25) is 0 Å². The average molecular weight is 268 g/mol. The molecule has 0 amide bonds. The van der Waals surface area contributed by atoms with Gasteiger partial charge in [0.05, 0.1) is 0 Å². The van der Waals surface area contributed by atoms with Crippen LogP contribution in [0.2, 0.25) is 5.15 Å². The van der Waals surface area contributed by atoms with Crippen molar-refractivity contribution in [3.8, 4) is 0 Å². The number of aromatic nitrogens is 3. The lowest BCUT2D eigenvalue weighted by atomic mass is 9.98. The Bertz CT molecular complexity index is 519. The van der Waals surface area contributed by atoms with Gasteiger partial charge in [-0.05, 0) is 42.4 Å². The van der Waals surface area contributed by atoms with Crippen LogP contribution < -0.4 is 0 Å². The van der Waals surface area contributed by atoms with E-state index in [1.807, 2.05) is 34.4 Å². The van der Waals surface area contributed by atoms with Crippen LogP contribution in [0.3, 0.4) is 0 Å². The van der Waals surface area contributed by atoms with E-state index in [2.05, 4.69) is 10.2 Å². The Hall–Kier alpha value is -0.740. The number of pyridine rings is 1. The highest BCUT2D eigenvalue weighted by molar-refractivity contribution is 7.99. The first-order valence-corrected chi connectivity index (χ1v) is 7.44. The molecule has 0 unspecified atom stereocenters. The van der Waals surface area contributed by atoms with Gasteiger partial charge in [0.1, 0.15) is 11.0 Å². The molecule has 5 heteroatoms. The fourth-order valence-corrected chi connectivity index (χ4v) is 3.76. The lowest BCUT2D eigenvalue weighted by Gasteiger charge is -2.20. The molecular formula is C12H14ClN3S. The van der Waals surface area contributed by atoms with Crippen molar-refractivity contribution < 1.29 is 0 Å². The lowest BCUT2D eigenvalue weighted by Crippen LogP contribution is -2.14. The molecule has 3 rings (SSSR count). The highest BCUT2D eigenvalue weighted by Gasteiger charge is 2.17. The number of fused-ring (bicyclic) bond motifs is 1. The van der Waals surface area contributed by atoms with E-state index in [-0.39, 0.29) is 0 Å². The molecule has 0 atom stereocenters. The largest absolute Gasteiger partial charge is 0.269 e. The van der Waals surface area contributed by atoms with E-state index >= 15 is 0 Å². The van der Waals surface area contributed by atoms with Gasteiger partial charge >= 0.3 is 0 Å². The van der Waals surface area contributed by atoms with Crippen LogP contribution in [0.4, 0.5) is 0 Å². The van der Waals surface area contributed by atoms with Gasteiger partial charge in [0.25, 0.3) is 0 Å². The molecule has 0 N–H and O–H groups in total. The zero-order valence-corrected chi connectivity index (χ0v) is 11.0. The predicted octanol–water partition coefficient (Wildman–Crippen LogP) is 3.07. The SMILES string of the molecule is Clc1cccc2nnc(CC3CCSCC3)n12. The highest BCUT2D eigenvalue weighted by atomic mass is 35.5. The van der Waals surface area contributed by atoms with Crippen molar-refractivity contribution in [2.24, 2.45) is 5.92 Å². The Morgan fingerprint density at radius 2 is 2.12 bits per heavy atom. The fraction of sp³-hybridized carbons (Fsp3) is 0.500. The van der Waals surface area contributed by atoms with Gasteiger partial charge in [-0.2, -0.15) is 11.8 Å². The third-order valence-electron chi connectivity index (χ3n) is 3.26. The average Bonchev–Trinajstić information content (AvgIpc) is 2.75. The molecule has 0 saturated carbocycles. The summed E-state index contributed by atoms with van der Waals surface area (Å²) in [6.45, 7) is 0. The number of rotatable bonds is 2. The second-order valence-corrected chi connectivity index (χ2v) is 6.03. The van der Waals surface area contributed by atoms with Crippen molar-refractivity contribution in [2.45, 2.75) is 19.3 Å². The minimum atomic E-state index is 0.702. The van der Waals surface area contributed by atoms with E-state index in [9.17, 15) is 0 Å². The highest BCUT2D eigenvalue weighted by Crippen LogP contribution is 2.26. The van der Waals surface area contributed by atoms with Crippen molar-refractivity contribution in [2.75, 3.05) is 11.5 Å². The normalized spacial score (nSPS) is 17.7. The topological polar surface area (TPSA) is 30.2 Å². The van der Waals surface area contributed by atoms with E-state index in [4.69, 9.17) is 11.6 Å². The van der Waals surface area contributed by atoms with Crippen LogP contribution in [0, 0.1) is 5.92 Å². The Labute approximate surface area is 110 Å². The van der Waals surface area contributed by atoms with Crippen LogP contribution in [0.25, 0.3) is 5.65 Å². The zero-order valence-electron chi connectivity index (χ0n) is 9.47. The summed E-state index contributed by atoms with van der Waals surface area (Å²) < 4.78 is 1.96. The van der Waals surface area contributed by atoms with Gasteiger partial charge in [0.15, 0.2) is 5.65 Å². The third kappa shape index (κ3) is 2.29. The summed E-state index contributed by atoms with van der Waals surface area (Å²) in [5.74, 6) is 4.28. The molecule has 1 aliphatic heterocycles. The summed E-state index contributed by atoms with van der Waals surface area (Å²) in [5.41, 5.74) is 0.845. The van der Waals surface area contributed by atoms with Crippen LogP contribution in [0.5, 0.6) is 0 Å². The first kappa shape index (κ1) is 11.4. The molecule has 1 aliphatic rings. The summed E-state index contributed by atoms with van der Waals surface area (Å²) in [6.07, 6.45) is 3.56. The number of halogens is 1. The minimum Gasteiger partial charge on any atom is -0.269 e. The van der Waals surface area contributed by atoms with Crippen molar-refractivity contribution in [3.63, 3.8) is 0 Å². The van der Waals surface area contributed by atoms with E-state index in [0.717, 1.165) is 23.8 Å². The van der Waals surface area contributed by atoms with Crippen LogP contribution in [-0.2, 0) is 6.42 Å². The quantitative estimate of drug-likeness (QED) is 0.784. The molecule has 17 heavy (non-hydrogen) atoms. The smallest absolute Gasteiger partial charge is 0.161 e. The molecule has 0 bridgehead atoms. The second-order valence-electron chi connectivity index (χ2n) is 4.42. The van der Waals surface area contributed by atoms with E-state index < -0.39 is 0 Å². The predicted molar refractivity (Wildman–Crippen MR) is 71.8 cm³/mol. The summed E-state index contributed by atoms with van der Waals surface area (Å²) in [4.78, 5) is 0. The number of hydrogen-bond acceptors (Lipinski definition) is 3. The minimum absolute atomic E-state index is 0.702. The molecule has 3 heterocycles. The van der Waals surface area contributed by atoms with Gasteiger partial charge in [-0.3, -0.25) is 4.40 Å². The summed E-state index contributed by atoms with van der Waals surface area (Å²) >= 11 is 8.25. The Morgan fingerprint density at radius 1 is 1.29 bits per heavy atom. The molecule has 2 aromatic heterocycles. The molecule has 1 fully saturated rings. The standard InChI is InChI=1S/C12H14ClN3S/c13-10-2-1-3-11-14-15-12(16(10)11)8-9-4-6-17-7-5-9/h1-3,9H,4-8H2. The van der Waals surface area contributed by atoms with Gasteiger partial charge < -0.3 is 0 Å². The van der Waals surface area contributed by atoms with Crippen LogP contribution in [-0.4, -0.2) is 26.1 Å². The van der Waals surface area contributed by atoms with Crippen LogP contribution >= 0.6 is 23.4 Å². The molecule has 3 nitrogen and oxygen atoms in total. The number of thioether (sulfide) groups is 1. The lowest BCUT2D eigenvalue weighted by molar-refractivity contribution is 0.474. The molecule has 1 saturated heterocycles. The second kappa shape index (κ2) is 4.86. The van der Waals surface area contributed by atoms with Gasteiger partial charge in [0, 0.05) is 6.42 Å². The molecule has 0 aliphatic carbocycles. The van der Waals surface area contributed by atoms with E-state index in [0.29, 0.717) is 5.15 Å². The first-order chi connectivity index (χ1) is 8.34. The molecule has 2 aromatic rings. The van der Waals surface area contributed by atoms with Crippen molar-refractivity contribution in [1.29, 1.82) is 0 Å². The summed E-state index contributed by atoms with van der Waals surface area (Å²) in [6, 6.07) is 5.74. The molecule has 0 aromatic carbocycles. The van der Waals surface area contributed by atoms with Crippen molar-refractivity contribution in [1.82, 2.24) is 14.6 Å². The molecular weight excluding hydrogens is 254 g/mol. The summed E-state index contributed by atoms with van der Waals surface area (Å²) in [5, 5.41) is 9.14. The number of nitrogens with zero attached hydrogens (tertiary/aromatic N) is 3. The van der Waals surface area contributed by atoms with Crippen molar-refractivity contribution in [3.05, 3.63) is 29.2 Å². The van der Waals surface area contributed by atoms with E-state index in [1.54, 1.807) is 0 Å². The zero-order chi connectivity index (χ0) is 11.7. The Kier molecular flexibility index (Phi) is 3.25. The maximum atomic E-state index is 6.20.